The van der Waals surface area contributed by atoms with Crippen LogP contribution in [0.4, 0.5) is 14.5 Å². The van der Waals surface area contributed by atoms with Gasteiger partial charge in [0.15, 0.2) is 11.6 Å². The van der Waals surface area contributed by atoms with Crippen LogP contribution in [0, 0.1) is 11.9 Å². The molecule has 3 aromatic rings. The van der Waals surface area contributed by atoms with E-state index in [-0.39, 0.29) is 5.02 Å². The van der Waals surface area contributed by atoms with Crippen molar-refractivity contribution in [1.82, 2.24) is 9.88 Å². The first kappa shape index (κ1) is 21.4. The molecule has 1 aromatic heterocycles. The maximum Gasteiger partial charge on any atom is 0.170 e. The van der Waals surface area contributed by atoms with E-state index in [0.717, 1.165) is 54.4 Å². The summed E-state index contributed by atoms with van der Waals surface area (Å²) in [6.07, 6.45) is 5.82. The molecule has 1 aliphatic carbocycles. The highest BCUT2D eigenvalue weighted by Gasteiger charge is 2.31. The van der Waals surface area contributed by atoms with E-state index in [4.69, 9.17) is 11.6 Å². The third kappa shape index (κ3) is 4.26. The van der Waals surface area contributed by atoms with Crippen LogP contribution < -0.4 is 5.32 Å². The molecule has 2 fully saturated rings. The second-order valence-electron chi connectivity index (χ2n) is 8.83. The van der Waals surface area contributed by atoms with Crippen LogP contribution in [0.25, 0.3) is 22.0 Å². The van der Waals surface area contributed by atoms with Crippen LogP contribution >= 0.6 is 11.6 Å². The van der Waals surface area contributed by atoms with Crippen LogP contribution in [0.2, 0.25) is 5.02 Å². The number of alkyl halides is 1. The third-order valence-corrected chi connectivity index (χ3v) is 7.04. The highest BCUT2D eigenvalue weighted by molar-refractivity contribution is 6.32. The lowest BCUT2D eigenvalue weighted by molar-refractivity contribution is 0.173. The summed E-state index contributed by atoms with van der Waals surface area (Å²) in [5.74, 6) is -1.29. The fourth-order valence-corrected chi connectivity index (χ4v) is 5.20. The van der Waals surface area contributed by atoms with Gasteiger partial charge in [0.05, 0.1) is 16.2 Å². The Kier molecular flexibility index (Phi) is 5.91. The summed E-state index contributed by atoms with van der Waals surface area (Å²) >= 11 is 5.97. The molecule has 2 aromatic carbocycles. The lowest BCUT2D eigenvalue weighted by atomic mass is 9.90. The van der Waals surface area contributed by atoms with Crippen molar-refractivity contribution in [2.24, 2.45) is 0 Å². The minimum absolute atomic E-state index is 0.0231. The number of phenols is 1. The molecule has 167 valence electrons. The van der Waals surface area contributed by atoms with Crippen LogP contribution in [-0.2, 0) is 0 Å². The highest BCUT2D eigenvalue weighted by atomic mass is 35.5. The molecule has 0 bridgehead atoms. The van der Waals surface area contributed by atoms with Crippen LogP contribution in [0.1, 0.15) is 32.1 Å². The van der Waals surface area contributed by atoms with Gasteiger partial charge in [0.1, 0.15) is 6.17 Å². The molecule has 1 atom stereocenters. The van der Waals surface area contributed by atoms with Gasteiger partial charge in [-0.05, 0) is 67.5 Å². The number of aromatic nitrogens is 1. The number of rotatable bonds is 4. The van der Waals surface area contributed by atoms with Gasteiger partial charge in [-0.25, -0.2) is 8.78 Å². The van der Waals surface area contributed by atoms with E-state index in [1.165, 1.54) is 6.07 Å². The third-order valence-electron chi connectivity index (χ3n) is 6.75. The van der Waals surface area contributed by atoms with Gasteiger partial charge in [0, 0.05) is 42.8 Å². The number of benzene rings is 2. The van der Waals surface area contributed by atoms with Crippen LogP contribution in [0.5, 0.6) is 5.75 Å². The van der Waals surface area contributed by atoms with Gasteiger partial charge in [-0.3, -0.25) is 9.88 Å². The first-order chi connectivity index (χ1) is 15.5. The fourth-order valence-electron chi connectivity index (χ4n) is 4.99. The van der Waals surface area contributed by atoms with E-state index in [0.29, 0.717) is 30.6 Å². The Labute approximate surface area is 191 Å². The van der Waals surface area contributed by atoms with Gasteiger partial charge in [0.25, 0.3) is 0 Å². The summed E-state index contributed by atoms with van der Waals surface area (Å²) < 4.78 is 27.6. The Morgan fingerprint density at radius 3 is 2.62 bits per heavy atom. The first-order valence-electron chi connectivity index (χ1n) is 11.1. The monoisotopic (exact) mass is 456 g/mol. The van der Waals surface area contributed by atoms with Crippen molar-refractivity contribution in [3.8, 4) is 16.9 Å². The molecule has 5 rings (SSSR count). The summed E-state index contributed by atoms with van der Waals surface area (Å²) in [7, 11) is 0. The quantitative estimate of drug-likeness (QED) is 0.508. The van der Waals surface area contributed by atoms with Crippen LogP contribution in [-0.4, -0.2) is 46.3 Å². The number of nitrogens with one attached hydrogen (secondary N) is 1. The van der Waals surface area contributed by atoms with Crippen molar-refractivity contribution in [1.29, 1.82) is 0 Å². The first-order valence-corrected chi connectivity index (χ1v) is 11.5. The normalized spacial score (nSPS) is 24.2. The molecule has 1 radical (unpaired) electrons. The molecule has 1 unspecified atom stereocenters. The number of nitrogens with zero attached hydrogens (tertiary/aromatic N) is 2. The molecule has 0 spiro atoms. The minimum atomic E-state index is -0.752. The van der Waals surface area contributed by atoms with E-state index in [9.17, 15) is 13.9 Å². The summed E-state index contributed by atoms with van der Waals surface area (Å²) in [5, 5.41) is 14.1. The Morgan fingerprint density at radius 2 is 1.91 bits per heavy atom. The zero-order valence-corrected chi connectivity index (χ0v) is 18.4. The number of pyridine rings is 1. The predicted octanol–water partition coefficient (Wildman–Crippen LogP) is 5.97. The molecule has 7 heteroatoms. The molecule has 32 heavy (non-hydrogen) atoms. The Hall–Kier alpha value is -2.44. The average Bonchev–Trinajstić information content (AvgIpc) is 3.24. The number of halogens is 3. The molecule has 4 nitrogen and oxygen atoms in total. The van der Waals surface area contributed by atoms with E-state index in [1.807, 2.05) is 18.2 Å². The predicted molar refractivity (Wildman–Crippen MR) is 123 cm³/mol. The zero-order valence-electron chi connectivity index (χ0n) is 17.6. The molecular weight excluding hydrogens is 432 g/mol. The summed E-state index contributed by atoms with van der Waals surface area (Å²) in [5.41, 5.74) is 3.05. The number of hydrogen-bond donors (Lipinski definition) is 2. The van der Waals surface area contributed by atoms with Gasteiger partial charge in [0.2, 0.25) is 0 Å². The highest BCUT2D eigenvalue weighted by Crippen LogP contribution is 2.35. The SMILES string of the molecule is Oc1c(F)cc(-c2ccc3nc[c]c(NC4CCC(N5CCC(F)C5)CC4)c3c2)cc1Cl. The minimum Gasteiger partial charge on any atom is -0.504 e. The molecule has 2 aliphatic rings. The maximum absolute atomic E-state index is 14.0. The fraction of sp³-hybridized carbons (Fsp3) is 0.400. The van der Waals surface area contributed by atoms with Gasteiger partial charge in [-0.1, -0.05) is 17.7 Å². The molecule has 0 amide bonds. The van der Waals surface area contributed by atoms with Gasteiger partial charge < -0.3 is 10.4 Å². The Morgan fingerprint density at radius 1 is 1.09 bits per heavy atom. The zero-order chi connectivity index (χ0) is 22.2. The van der Waals surface area contributed by atoms with Crippen molar-refractivity contribution in [3.63, 3.8) is 0 Å². The molecular formula is C25H25ClF2N3O. The van der Waals surface area contributed by atoms with Gasteiger partial charge >= 0.3 is 0 Å². The van der Waals surface area contributed by atoms with Crippen molar-refractivity contribution < 1.29 is 13.9 Å². The number of hydrogen-bond acceptors (Lipinski definition) is 4. The van der Waals surface area contributed by atoms with E-state index in [2.05, 4.69) is 21.3 Å². The van der Waals surface area contributed by atoms with E-state index in [1.54, 1.807) is 12.3 Å². The standard InChI is InChI=1S/C25H25ClF2N3O/c26-21-12-16(13-22(28)25(21)32)15-1-6-23-20(11-15)24(7-9-29-23)30-18-2-4-19(5-3-18)31-10-8-17(27)14-31/h1,6,9,11-13,17-19,32H,2-5,8,10,14H2,(H,29,30). The van der Waals surface area contributed by atoms with Crippen molar-refractivity contribution in [2.45, 2.75) is 50.4 Å². The second kappa shape index (κ2) is 8.83. The lowest BCUT2D eigenvalue weighted by Gasteiger charge is -2.35. The van der Waals surface area contributed by atoms with Gasteiger partial charge in [-0.15, -0.1) is 0 Å². The molecule has 2 N–H and O–H groups in total. The van der Waals surface area contributed by atoms with Crippen molar-refractivity contribution >= 4 is 28.2 Å². The van der Waals surface area contributed by atoms with E-state index >= 15 is 0 Å². The second-order valence-corrected chi connectivity index (χ2v) is 9.24. The Balaban J connectivity index is 1.35. The molecule has 1 saturated carbocycles. The summed E-state index contributed by atoms with van der Waals surface area (Å²) in [6, 6.07) is 12.5. The maximum atomic E-state index is 14.0. The lowest BCUT2D eigenvalue weighted by Crippen LogP contribution is -2.39. The summed E-state index contributed by atoms with van der Waals surface area (Å²) in [6.45, 7) is 1.45. The summed E-state index contributed by atoms with van der Waals surface area (Å²) in [4.78, 5) is 6.72. The Bertz CT molecular complexity index is 1110. The smallest absolute Gasteiger partial charge is 0.170 e. The topological polar surface area (TPSA) is 48.4 Å². The molecule has 2 heterocycles. The number of fused-ring (bicyclic) bond motifs is 1. The van der Waals surface area contributed by atoms with Crippen molar-refractivity contribution in [3.05, 3.63) is 53.4 Å². The largest absolute Gasteiger partial charge is 0.504 e. The van der Waals surface area contributed by atoms with E-state index < -0.39 is 17.7 Å². The number of likely N-dealkylation sites (tertiary alicyclic amines) is 1. The number of anilines is 1. The van der Waals surface area contributed by atoms with Crippen LogP contribution in [0.3, 0.4) is 0 Å². The van der Waals surface area contributed by atoms with Crippen molar-refractivity contribution in [2.75, 3.05) is 18.4 Å². The average molecular weight is 457 g/mol. The number of aromatic hydroxyl groups is 1. The molecule has 1 saturated heterocycles. The number of phenolic OH excluding ortho intramolecular Hbond substituents is 1. The van der Waals surface area contributed by atoms with Crippen LogP contribution in [0.15, 0.2) is 36.5 Å². The van der Waals surface area contributed by atoms with Gasteiger partial charge in [-0.2, -0.15) is 0 Å². The molecule has 1 aliphatic heterocycles.